The minimum absolute atomic E-state index is 0.0804. The second-order valence-electron chi connectivity index (χ2n) is 8.07. The Morgan fingerprint density at radius 3 is 2.73 bits per heavy atom. The molecular weight excluding hydrogens is 370 g/mol. The fraction of sp³-hybridized carbons (Fsp3) is 0.231. The van der Waals surface area contributed by atoms with Gasteiger partial charge in [-0.1, -0.05) is 54.1 Å². The van der Waals surface area contributed by atoms with E-state index >= 15 is 0 Å². The number of aromatic nitrogens is 2. The summed E-state index contributed by atoms with van der Waals surface area (Å²) in [6, 6.07) is 20.9. The molecule has 1 N–H and O–H groups in total. The van der Waals surface area contributed by atoms with Crippen molar-refractivity contribution in [3.05, 3.63) is 101 Å². The van der Waals surface area contributed by atoms with Gasteiger partial charge in [-0.15, -0.1) is 0 Å². The lowest BCUT2D eigenvalue weighted by atomic mass is 9.91. The number of hydrogen-bond acceptors (Lipinski definition) is 2. The monoisotopic (exact) mass is 395 g/mol. The van der Waals surface area contributed by atoms with Crippen LogP contribution < -0.4 is 0 Å². The zero-order valence-corrected chi connectivity index (χ0v) is 17.1. The lowest BCUT2D eigenvalue weighted by Crippen LogP contribution is -2.40. The van der Waals surface area contributed by atoms with E-state index in [1.165, 1.54) is 16.5 Å². The normalized spacial score (nSPS) is 15.9. The topological polar surface area (TPSA) is 49.0 Å². The molecule has 150 valence electrons. The van der Waals surface area contributed by atoms with E-state index in [2.05, 4.69) is 70.3 Å². The number of rotatable bonds is 4. The van der Waals surface area contributed by atoms with Crippen molar-refractivity contribution < 1.29 is 4.79 Å². The van der Waals surface area contributed by atoms with E-state index in [9.17, 15) is 4.79 Å². The number of H-pyrrole nitrogens is 1. The third kappa shape index (κ3) is 3.39. The zero-order chi connectivity index (χ0) is 20.5. The van der Waals surface area contributed by atoms with Crippen molar-refractivity contribution in [1.82, 2.24) is 14.9 Å². The molecule has 0 spiro atoms. The molecule has 1 atom stereocenters. The van der Waals surface area contributed by atoms with Crippen LogP contribution in [-0.4, -0.2) is 27.3 Å². The lowest BCUT2D eigenvalue weighted by Gasteiger charge is -2.36. The number of carbonyl (C=O) groups excluding carboxylic acids is 1. The molecule has 2 aromatic heterocycles. The van der Waals surface area contributed by atoms with E-state index in [-0.39, 0.29) is 11.9 Å². The molecule has 30 heavy (non-hydrogen) atoms. The van der Waals surface area contributed by atoms with Crippen LogP contribution in [0.15, 0.2) is 73.1 Å². The van der Waals surface area contributed by atoms with Crippen molar-refractivity contribution in [2.45, 2.75) is 32.2 Å². The molecule has 4 aromatic rings. The van der Waals surface area contributed by atoms with Crippen LogP contribution in [0.1, 0.15) is 40.4 Å². The lowest BCUT2D eigenvalue weighted by molar-refractivity contribution is -0.133. The number of hydrogen-bond donors (Lipinski definition) is 1. The molecule has 1 unspecified atom stereocenters. The second-order valence-corrected chi connectivity index (χ2v) is 8.07. The quantitative estimate of drug-likeness (QED) is 0.530. The van der Waals surface area contributed by atoms with Gasteiger partial charge in [0.05, 0.1) is 6.04 Å². The average molecular weight is 396 g/mol. The van der Waals surface area contributed by atoms with Crippen molar-refractivity contribution in [3.63, 3.8) is 0 Å². The minimum Gasteiger partial charge on any atom is -0.356 e. The number of fused-ring (bicyclic) bond motifs is 3. The fourth-order valence-electron chi connectivity index (χ4n) is 4.55. The molecule has 0 bridgehead atoms. The highest BCUT2D eigenvalue weighted by Gasteiger charge is 2.34. The maximum absolute atomic E-state index is 13.3. The molecule has 1 aliphatic heterocycles. The van der Waals surface area contributed by atoms with Gasteiger partial charge in [0.1, 0.15) is 0 Å². The van der Waals surface area contributed by atoms with Crippen LogP contribution in [0.25, 0.3) is 10.9 Å². The first-order valence-electron chi connectivity index (χ1n) is 10.5. The summed E-state index contributed by atoms with van der Waals surface area (Å²) in [7, 11) is 0. The largest absolute Gasteiger partial charge is 0.356 e. The summed E-state index contributed by atoms with van der Waals surface area (Å²) in [6.45, 7) is 2.83. The third-order valence-electron chi connectivity index (χ3n) is 6.10. The van der Waals surface area contributed by atoms with Gasteiger partial charge < -0.3 is 9.88 Å². The van der Waals surface area contributed by atoms with Crippen LogP contribution in [0, 0.1) is 6.92 Å². The second kappa shape index (κ2) is 7.79. The molecule has 2 aromatic carbocycles. The Morgan fingerprint density at radius 2 is 1.93 bits per heavy atom. The van der Waals surface area contributed by atoms with Crippen molar-refractivity contribution in [3.8, 4) is 0 Å². The maximum atomic E-state index is 13.3. The molecule has 3 heterocycles. The van der Waals surface area contributed by atoms with Gasteiger partial charge in [-0.05, 0) is 48.6 Å². The van der Waals surface area contributed by atoms with Gasteiger partial charge in [0.25, 0.3) is 0 Å². The average Bonchev–Trinajstić information content (AvgIpc) is 3.17. The van der Waals surface area contributed by atoms with E-state index in [1.54, 1.807) is 6.20 Å². The number of nitrogens with zero attached hydrogens (tertiary/aromatic N) is 2. The van der Waals surface area contributed by atoms with Crippen LogP contribution in [0.4, 0.5) is 0 Å². The van der Waals surface area contributed by atoms with Crippen LogP contribution >= 0.6 is 0 Å². The highest BCUT2D eigenvalue weighted by molar-refractivity contribution is 5.86. The Balaban J connectivity index is 1.51. The summed E-state index contributed by atoms with van der Waals surface area (Å²) in [5.74, 6) is 0.189. The van der Waals surface area contributed by atoms with Crippen molar-refractivity contribution >= 4 is 16.8 Å². The number of para-hydroxylation sites is 1. The number of nitrogens with one attached hydrogen (secondary N) is 1. The molecular formula is C26H25N3O. The summed E-state index contributed by atoms with van der Waals surface area (Å²) in [4.78, 5) is 23.2. The molecule has 0 radical (unpaired) electrons. The predicted molar refractivity (Wildman–Crippen MR) is 119 cm³/mol. The first kappa shape index (κ1) is 18.6. The zero-order valence-electron chi connectivity index (χ0n) is 17.1. The van der Waals surface area contributed by atoms with Crippen molar-refractivity contribution in [1.29, 1.82) is 0 Å². The van der Waals surface area contributed by atoms with Gasteiger partial charge in [0, 0.05) is 42.0 Å². The van der Waals surface area contributed by atoms with E-state index < -0.39 is 0 Å². The smallest absolute Gasteiger partial charge is 0.223 e. The Bertz CT molecular complexity index is 1180. The van der Waals surface area contributed by atoms with E-state index in [1.807, 2.05) is 18.3 Å². The molecule has 1 aliphatic rings. The first-order chi connectivity index (χ1) is 14.7. The van der Waals surface area contributed by atoms with Gasteiger partial charge in [-0.2, -0.15) is 0 Å². The molecule has 0 aliphatic carbocycles. The van der Waals surface area contributed by atoms with E-state index in [0.29, 0.717) is 12.8 Å². The van der Waals surface area contributed by atoms with Gasteiger partial charge in [-0.3, -0.25) is 9.78 Å². The predicted octanol–water partition coefficient (Wildman–Crippen LogP) is 4.98. The van der Waals surface area contributed by atoms with Crippen LogP contribution in [0.3, 0.4) is 0 Å². The van der Waals surface area contributed by atoms with Gasteiger partial charge in [0.2, 0.25) is 5.91 Å². The molecule has 1 amide bonds. The van der Waals surface area contributed by atoms with Gasteiger partial charge in [0.15, 0.2) is 0 Å². The first-order valence-corrected chi connectivity index (χ1v) is 10.5. The van der Waals surface area contributed by atoms with Crippen molar-refractivity contribution in [2.75, 3.05) is 6.54 Å². The summed E-state index contributed by atoms with van der Waals surface area (Å²) >= 11 is 0. The Kier molecular flexibility index (Phi) is 4.83. The highest BCUT2D eigenvalue weighted by Crippen LogP contribution is 2.38. The molecule has 4 heteroatoms. The maximum Gasteiger partial charge on any atom is 0.223 e. The molecule has 4 nitrogen and oxygen atoms in total. The number of pyridine rings is 1. The number of carbonyl (C=O) groups is 1. The van der Waals surface area contributed by atoms with Crippen LogP contribution in [-0.2, 0) is 17.6 Å². The SMILES string of the molecule is Cc1ccc(C2c3[nH]c4ccccc4c3CCN2C(=O)CCc2cccnc2)cc1. The molecule has 0 saturated carbocycles. The van der Waals surface area contributed by atoms with Crippen molar-refractivity contribution in [2.24, 2.45) is 0 Å². The van der Waals surface area contributed by atoms with E-state index in [4.69, 9.17) is 0 Å². The summed E-state index contributed by atoms with van der Waals surface area (Å²) in [5, 5.41) is 1.27. The molecule has 0 saturated heterocycles. The minimum atomic E-state index is -0.0804. The van der Waals surface area contributed by atoms with Gasteiger partial charge >= 0.3 is 0 Å². The third-order valence-corrected chi connectivity index (χ3v) is 6.10. The summed E-state index contributed by atoms with van der Waals surface area (Å²) in [5.41, 5.74) is 7.11. The number of amides is 1. The highest BCUT2D eigenvalue weighted by atomic mass is 16.2. The number of benzene rings is 2. The number of aryl methyl sites for hydroxylation is 2. The Morgan fingerprint density at radius 1 is 1.10 bits per heavy atom. The summed E-state index contributed by atoms with van der Waals surface area (Å²) in [6.07, 6.45) is 5.69. The molecule has 5 rings (SSSR count). The van der Waals surface area contributed by atoms with E-state index in [0.717, 1.165) is 35.3 Å². The van der Waals surface area contributed by atoms with Crippen LogP contribution in [0.2, 0.25) is 0 Å². The molecule has 0 fully saturated rings. The Hall–Kier alpha value is -3.40. The van der Waals surface area contributed by atoms with Crippen LogP contribution in [0.5, 0.6) is 0 Å². The Labute approximate surface area is 176 Å². The van der Waals surface area contributed by atoms with Gasteiger partial charge in [-0.25, -0.2) is 0 Å². The summed E-state index contributed by atoms with van der Waals surface area (Å²) < 4.78 is 0. The number of aromatic amines is 1. The fourth-order valence-corrected chi connectivity index (χ4v) is 4.55. The standard InChI is InChI=1S/C26H25N3O/c1-18-8-11-20(12-9-18)26-25-22(21-6-2-3-7-23(21)28-25)14-16-29(26)24(30)13-10-19-5-4-15-27-17-19/h2-9,11-12,15,17,26,28H,10,13-14,16H2,1H3.